The lowest BCUT2D eigenvalue weighted by atomic mass is 9.65. The van der Waals surface area contributed by atoms with Gasteiger partial charge < -0.3 is 38.9 Å². The number of anilines is 2. The van der Waals surface area contributed by atoms with Crippen LogP contribution >= 0.6 is 0 Å². The van der Waals surface area contributed by atoms with Gasteiger partial charge in [-0.2, -0.15) is 9.97 Å². The Morgan fingerprint density at radius 1 is 0.895 bits per heavy atom. The van der Waals surface area contributed by atoms with Crippen molar-refractivity contribution in [2.75, 3.05) is 102 Å². The minimum Gasteiger partial charge on any atom is -0.468 e. The van der Waals surface area contributed by atoms with Gasteiger partial charge in [0.1, 0.15) is 22.8 Å². The Balaban J connectivity index is 0.702. The summed E-state index contributed by atoms with van der Waals surface area (Å²) in [6.07, 6.45) is 13.1. The van der Waals surface area contributed by atoms with Gasteiger partial charge in [-0.25, -0.2) is 9.18 Å². The van der Waals surface area contributed by atoms with Gasteiger partial charge in [-0.15, -0.1) is 0 Å². The Labute approximate surface area is 445 Å². The molecule has 1 atom stereocenters. The second-order valence-corrected chi connectivity index (χ2v) is 23.3. The number of methoxy groups -OCH3 is 1. The summed E-state index contributed by atoms with van der Waals surface area (Å²) in [5.74, 6) is 0.915. The summed E-state index contributed by atoms with van der Waals surface area (Å²) in [6, 6.07) is 15.1. The summed E-state index contributed by atoms with van der Waals surface area (Å²) in [6.45, 7) is 15.3. The first-order valence-corrected chi connectivity index (χ1v) is 27.8. The molecule has 0 radical (unpaired) electrons. The van der Waals surface area contributed by atoms with Crippen molar-refractivity contribution in [2.24, 2.45) is 16.7 Å². The number of rotatable bonds is 15. The first-order chi connectivity index (χ1) is 36.7. The van der Waals surface area contributed by atoms with Crippen molar-refractivity contribution in [1.29, 1.82) is 0 Å². The molecule has 6 heterocycles. The number of fused-ring (bicyclic) bond motifs is 2. The van der Waals surface area contributed by atoms with Gasteiger partial charge in [0.25, 0.3) is 5.91 Å². The number of benzene rings is 3. The fourth-order valence-corrected chi connectivity index (χ4v) is 13.0. The molecule has 16 nitrogen and oxygen atoms in total. The molecule has 4 amide bonds. The highest BCUT2D eigenvalue weighted by atomic mass is 19.1. The van der Waals surface area contributed by atoms with E-state index >= 15 is 4.39 Å². The van der Waals surface area contributed by atoms with Crippen molar-refractivity contribution in [1.82, 2.24) is 35.0 Å². The number of β-amino-alcohol motifs (C(OH)–C–C–N with tert-alkyl or cyclic N) is 1. The Morgan fingerprint density at radius 3 is 2.39 bits per heavy atom. The van der Waals surface area contributed by atoms with E-state index in [0.717, 1.165) is 113 Å². The third-order valence-corrected chi connectivity index (χ3v) is 17.7. The number of nitrogens with one attached hydrogen (secondary N) is 1. The molecule has 0 bridgehead atoms. The third-order valence-electron chi connectivity index (χ3n) is 17.7. The molecule has 2 N–H and O–H groups in total. The number of aliphatic hydroxyl groups is 1. The number of ether oxygens (including phenoxy) is 3. The molecule has 2 saturated carbocycles. The molecule has 0 unspecified atom stereocenters. The Bertz CT molecular complexity index is 2990. The topological polar surface area (TPSA) is 166 Å². The van der Waals surface area contributed by atoms with E-state index in [1.54, 1.807) is 18.2 Å². The van der Waals surface area contributed by atoms with Crippen LogP contribution in [0.25, 0.3) is 32.9 Å². The molecule has 6 fully saturated rings. The van der Waals surface area contributed by atoms with Crippen LogP contribution in [0.15, 0.2) is 54.7 Å². The lowest BCUT2D eigenvalue weighted by Gasteiger charge is -2.47. The number of urea groups is 1. The lowest BCUT2D eigenvalue weighted by molar-refractivity contribution is -0.120. The molecule has 6 aliphatic rings. The zero-order valence-corrected chi connectivity index (χ0v) is 44.8. The second-order valence-electron chi connectivity index (χ2n) is 23.3. The van der Waals surface area contributed by atoms with Crippen molar-refractivity contribution >= 4 is 51.0 Å². The molecule has 2 aromatic heterocycles. The second kappa shape index (κ2) is 21.4. The number of halogens is 1. The minimum absolute atomic E-state index is 0.00637. The van der Waals surface area contributed by atoms with Crippen LogP contribution in [-0.4, -0.2) is 151 Å². The summed E-state index contributed by atoms with van der Waals surface area (Å²) < 4.78 is 35.1. The highest BCUT2D eigenvalue weighted by Gasteiger charge is 2.46. The van der Waals surface area contributed by atoms with E-state index in [9.17, 15) is 19.5 Å². The van der Waals surface area contributed by atoms with Crippen molar-refractivity contribution in [3.8, 4) is 23.0 Å². The van der Waals surface area contributed by atoms with Crippen molar-refractivity contribution in [2.45, 2.75) is 103 Å². The maximum atomic E-state index is 17.4. The smallest absolute Gasteiger partial charge is 0.328 e. The van der Waals surface area contributed by atoms with E-state index < -0.39 is 17.4 Å². The summed E-state index contributed by atoms with van der Waals surface area (Å²) in [4.78, 5) is 63.5. The van der Waals surface area contributed by atoms with Crippen molar-refractivity contribution in [3.63, 3.8) is 0 Å². The molecule has 76 heavy (non-hydrogen) atoms. The molecule has 17 heteroatoms. The van der Waals surface area contributed by atoms with Gasteiger partial charge >= 0.3 is 12.0 Å². The normalized spacial score (nSPS) is 22.4. The van der Waals surface area contributed by atoms with Gasteiger partial charge in [0, 0.05) is 114 Å². The van der Waals surface area contributed by atoms with Crippen LogP contribution in [0.5, 0.6) is 11.8 Å². The first-order valence-electron chi connectivity index (χ1n) is 27.8. The predicted molar refractivity (Wildman–Crippen MR) is 290 cm³/mol. The number of pyridine rings is 1. The average Bonchev–Trinajstić information content (AvgIpc) is 4.22. The number of carbonyl (C=O) groups excluding carboxylic acids is 3. The van der Waals surface area contributed by atoms with Gasteiger partial charge in [-0.3, -0.25) is 24.8 Å². The number of likely N-dealkylation sites (tertiary alicyclic amines) is 1. The Morgan fingerprint density at radius 2 is 1.67 bits per heavy atom. The van der Waals surface area contributed by atoms with Crippen LogP contribution in [0.4, 0.5) is 20.7 Å². The largest absolute Gasteiger partial charge is 0.468 e. The summed E-state index contributed by atoms with van der Waals surface area (Å²) in [5, 5.41) is 15.9. The van der Waals surface area contributed by atoms with E-state index in [1.165, 1.54) is 25.7 Å². The number of hydrogen-bond donors (Lipinski definition) is 2. The zero-order chi connectivity index (χ0) is 52.8. The molecule has 1 spiro atoms. The van der Waals surface area contributed by atoms with Gasteiger partial charge in [-0.1, -0.05) is 31.2 Å². The third kappa shape index (κ3) is 10.9. The monoisotopic (exact) mass is 1040 g/mol. The fraction of sp³-hybridized carbons (Fsp3) is 0.559. The summed E-state index contributed by atoms with van der Waals surface area (Å²) in [5.41, 5.74) is 3.48. The number of imide groups is 1. The van der Waals surface area contributed by atoms with Crippen LogP contribution in [-0.2, 0) is 16.0 Å². The fourth-order valence-electron chi connectivity index (χ4n) is 13.0. The number of piperazine rings is 1. The minimum atomic E-state index is -0.927. The standard InChI is InChI=1S/C59H74FN9O7/c1-5-41-8-6-9-42-30-44(76-38-74-4)32-45(49(41)42)51-50(60)52-46(33-61-51)53(68-22-7-15-57(3,73)35-68)64-55(63-52)75-37-59(18-19-59)36-66-28-26-65(27-29-66)34-40-12-16-58(17-13-40)20-24-67(25-21-58)54(71)43-11-10-39(2)47(31-43)69-23-14-48(70)62-56(69)72/h6,8-11,30-33,40,73H,5,7,12-29,34-38H2,1-4H3,(H,62,70,72)/t57-/m1/s1. The highest BCUT2D eigenvalue weighted by Crippen LogP contribution is 2.49. The Hall–Kier alpha value is -6.01. The molecule has 11 rings (SSSR count). The van der Waals surface area contributed by atoms with E-state index in [1.807, 2.05) is 66.1 Å². The van der Waals surface area contributed by atoms with E-state index in [2.05, 4.69) is 28.1 Å². The number of amides is 4. The Kier molecular flexibility index (Phi) is 14.7. The van der Waals surface area contributed by atoms with Crippen LogP contribution < -0.4 is 24.6 Å². The molecule has 4 aliphatic heterocycles. The summed E-state index contributed by atoms with van der Waals surface area (Å²) >= 11 is 0. The first kappa shape index (κ1) is 52.1. The van der Waals surface area contributed by atoms with Crippen LogP contribution in [0.2, 0.25) is 0 Å². The lowest BCUT2D eigenvalue weighted by Crippen LogP contribution is -2.50. The highest BCUT2D eigenvalue weighted by molar-refractivity contribution is 6.07. The number of hydrogen-bond acceptors (Lipinski definition) is 13. The molecule has 2 aliphatic carbocycles. The summed E-state index contributed by atoms with van der Waals surface area (Å²) in [7, 11) is 1.57. The average molecular weight is 1040 g/mol. The van der Waals surface area contributed by atoms with E-state index in [0.29, 0.717) is 77.8 Å². The van der Waals surface area contributed by atoms with Crippen LogP contribution in [0, 0.1) is 29.5 Å². The molecule has 5 aromatic rings. The number of carbonyl (C=O) groups is 3. The SMILES string of the molecule is CCc1cccc2cc(OCOC)cc(-c3ncc4c(N5CCC[C@@](C)(O)C5)nc(OCC5(CN6CCN(CC7CCC8(CC7)CCN(C(=O)c7ccc(C)c(N9CCC(=O)NC9=O)c7)CC8)CC6)CC5)nc4c3F)c12. The maximum absolute atomic E-state index is 17.4. The number of aryl methyl sites for hydroxylation is 2. The van der Waals surface area contributed by atoms with Crippen LogP contribution in [0.1, 0.15) is 106 Å². The molecular formula is C59H74FN9O7. The van der Waals surface area contributed by atoms with Gasteiger partial charge in [0.05, 0.1) is 17.6 Å². The van der Waals surface area contributed by atoms with E-state index in [-0.39, 0.29) is 47.7 Å². The zero-order valence-electron chi connectivity index (χ0n) is 44.8. The van der Waals surface area contributed by atoms with Crippen LogP contribution in [0.3, 0.4) is 0 Å². The number of nitrogens with zero attached hydrogens (tertiary/aromatic N) is 8. The van der Waals surface area contributed by atoms with Crippen molar-refractivity contribution in [3.05, 3.63) is 77.2 Å². The quantitative estimate of drug-likeness (QED) is 0.0960. The van der Waals surface area contributed by atoms with Gasteiger partial charge in [0.2, 0.25) is 5.91 Å². The molecule has 404 valence electrons. The maximum Gasteiger partial charge on any atom is 0.328 e. The van der Waals surface area contributed by atoms with Crippen molar-refractivity contribution < 1.29 is 38.1 Å². The molecule has 4 saturated heterocycles. The number of piperidine rings is 2. The molecule has 3 aromatic carbocycles. The van der Waals surface area contributed by atoms with Gasteiger partial charge in [-0.05, 0) is 142 Å². The number of aromatic nitrogens is 3. The van der Waals surface area contributed by atoms with Gasteiger partial charge in [0.15, 0.2) is 12.6 Å². The molecular weight excluding hydrogens is 966 g/mol. The predicted octanol–water partition coefficient (Wildman–Crippen LogP) is 8.52. The van der Waals surface area contributed by atoms with E-state index in [4.69, 9.17) is 29.2 Å².